The van der Waals surface area contributed by atoms with Crippen LogP contribution in [-0.2, 0) is 15.8 Å². The highest BCUT2D eigenvalue weighted by Crippen LogP contribution is 2.30. The van der Waals surface area contributed by atoms with Gasteiger partial charge in [-0.25, -0.2) is 4.98 Å². The van der Waals surface area contributed by atoms with Crippen molar-refractivity contribution >= 4 is 61.6 Å². The van der Waals surface area contributed by atoms with Crippen molar-refractivity contribution in [3.63, 3.8) is 0 Å². The van der Waals surface area contributed by atoms with Crippen molar-refractivity contribution in [1.82, 2.24) is 14.6 Å². The molecular formula is C18H17BrIN5O. The van der Waals surface area contributed by atoms with E-state index in [2.05, 4.69) is 59.2 Å². The number of amides is 1. The molecule has 2 heterocycles. The maximum absolute atomic E-state index is 11.8. The third-order valence-electron chi connectivity index (χ3n) is 4.26. The molecule has 0 atom stereocenters. The number of hydrogen-bond acceptors (Lipinski definition) is 4. The SMILES string of the molecule is O=C(Nc1ccc(CNc2cc(CI)nc3c(Br)cnn23)cc1)C1CC1. The molecule has 6 nitrogen and oxygen atoms in total. The summed E-state index contributed by atoms with van der Waals surface area (Å²) >= 11 is 5.80. The molecule has 0 radical (unpaired) electrons. The van der Waals surface area contributed by atoms with E-state index in [1.54, 1.807) is 10.7 Å². The second-order valence-corrected chi connectivity index (χ2v) is 7.93. The second kappa shape index (κ2) is 7.51. The number of aromatic nitrogens is 3. The summed E-state index contributed by atoms with van der Waals surface area (Å²) in [6, 6.07) is 9.95. The van der Waals surface area contributed by atoms with Gasteiger partial charge in [0.2, 0.25) is 5.91 Å². The number of nitrogens with one attached hydrogen (secondary N) is 2. The van der Waals surface area contributed by atoms with Crippen LogP contribution in [0, 0.1) is 5.92 Å². The average molecular weight is 526 g/mol. The van der Waals surface area contributed by atoms with E-state index in [9.17, 15) is 4.79 Å². The first kappa shape index (κ1) is 17.7. The molecule has 2 aromatic heterocycles. The van der Waals surface area contributed by atoms with Crippen molar-refractivity contribution in [1.29, 1.82) is 0 Å². The van der Waals surface area contributed by atoms with Crippen LogP contribution in [0.1, 0.15) is 24.1 Å². The molecule has 1 aliphatic carbocycles. The van der Waals surface area contributed by atoms with Crippen molar-refractivity contribution < 1.29 is 4.79 Å². The molecule has 2 N–H and O–H groups in total. The standard InChI is InChI=1S/C18H17BrIN5O/c19-15-10-22-25-16(7-14(8-20)23-17(15)25)21-9-11-1-5-13(6-2-11)24-18(26)12-3-4-12/h1-2,5-7,10,12,21H,3-4,8-9H2,(H,24,26). The summed E-state index contributed by atoms with van der Waals surface area (Å²) < 4.78 is 3.50. The van der Waals surface area contributed by atoms with Crippen molar-refractivity contribution in [3.8, 4) is 0 Å². The number of alkyl halides is 1. The first-order valence-electron chi connectivity index (χ1n) is 8.37. The maximum atomic E-state index is 11.8. The van der Waals surface area contributed by atoms with Gasteiger partial charge in [0.25, 0.3) is 0 Å². The topological polar surface area (TPSA) is 71.3 Å². The Labute approximate surface area is 173 Å². The number of halogens is 2. The second-order valence-electron chi connectivity index (χ2n) is 6.31. The molecule has 1 aromatic carbocycles. The van der Waals surface area contributed by atoms with Gasteiger partial charge in [-0.15, -0.1) is 0 Å². The number of carbonyl (C=O) groups is 1. The van der Waals surface area contributed by atoms with Crippen LogP contribution >= 0.6 is 38.5 Å². The summed E-state index contributed by atoms with van der Waals surface area (Å²) in [5.74, 6) is 1.25. The maximum Gasteiger partial charge on any atom is 0.227 e. The van der Waals surface area contributed by atoms with Crippen molar-refractivity contribution in [2.75, 3.05) is 10.6 Å². The molecule has 4 rings (SSSR count). The molecule has 0 aliphatic heterocycles. The van der Waals surface area contributed by atoms with Gasteiger partial charge in [-0.3, -0.25) is 4.79 Å². The fraction of sp³-hybridized carbons (Fsp3) is 0.278. The van der Waals surface area contributed by atoms with E-state index < -0.39 is 0 Å². The number of nitrogens with zero attached hydrogens (tertiary/aromatic N) is 3. The highest BCUT2D eigenvalue weighted by atomic mass is 127. The fourth-order valence-electron chi connectivity index (χ4n) is 2.67. The lowest BCUT2D eigenvalue weighted by atomic mass is 10.2. The molecule has 8 heteroatoms. The molecule has 1 aliphatic rings. The third-order valence-corrected chi connectivity index (χ3v) is 5.60. The number of anilines is 2. The van der Waals surface area contributed by atoms with E-state index in [1.165, 1.54) is 0 Å². The van der Waals surface area contributed by atoms with E-state index in [-0.39, 0.29) is 11.8 Å². The molecular weight excluding hydrogens is 509 g/mol. The van der Waals surface area contributed by atoms with Crippen LogP contribution in [-0.4, -0.2) is 20.5 Å². The summed E-state index contributed by atoms with van der Waals surface area (Å²) in [6.07, 6.45) is 3.77. The van der Waals surface area contributed by atoms with Crippen LogP contribution in [0.3, 0.4) is 0 Å². The van der Waals surface area contributed by atoms with Crippen LogP contribution < -0.4 is 10.6 Å². The first-order valence-corrected chi connectivity index (χ1v) is 10.7. The van der Waals surface area contributed by atoms with E-state index in [0.29, 0.717) is 6.54 Å². The Morgan fingerprint density at radius 1 is 1.31 bits per heavy atom. The summed E-state index contributed by atoms with van der Waals surface area (Å²) in [5, 5.41) is 10.8. The minimum absolute atomic E-state index is 0.130. The van der Waals surface area contributed by atoms with Gasteiger partial charge >= 0.3 is 0 Å². The molecule has 1 amide bonds. The smallest absolute Gasteiger partial charge is 0.227 e. The van der Waals surface area contributed by atoms with E-state index >= 15 is 0 Å². The van der Waals surface area contributed by atoms with Gasteiger partial charge in [-0.05, 0) is 46.5 Å². The van der Waals surface area contributed by atoms with E-state index in [0.717, 1.165) is 50.2 Å². The third kappa shape index (κ3) is 3.85. The predicted molar refractivity (Wildman–Crippen MR) is 114 cm³/mol. The lowest BCUT2D eigenvalue weighted by molar-refractivity contribution is -0.117. The largest absolute Gasteiger partial charge is 0.366 e. The minimum Gasteiger partial charge on any atom is -0.366 e. The fourth-order valence-corrected chi connectivity index (χ4v) is 3.41. The Balaban J connectivity index is 1.46. The lowest BCUT2D eigenvalue weighted by Crippen LogP contribution is -2.13. The molecule has 1 fully saturated rings. The molecule has 0 spiro atoms. The highest BCUT2D eigenvalue weighted by Gasteiger charge is 2.29. The summed E-state index contributed by atoms with van der Waals surface area (Å²) in [4.78, 5) is 16.4. The van der Waals surface area contributed by atoms with Gasteiger partial charge in [0.1, 0.15) is 5.82 Å². The summed E-state index contributed by atoms with van der Waals surface area (Å²) in [5.41, 5.74) is 3.78. The molecule has 134 valence electrons. The normalized spacial score (nSPS) is 13.8. The highest BCUT2D eigenvalue weighted by molar-refractivity contribution is 14.1. The number of rotatable bonds is 6. The van der Waals surface area contributed by atoms with E-state index in [1.807, 2.05) is 30.3 Å². The summed E-state index contributed by atoms with van der Waals surface area (Å²) in [6.45, 7) is 0.661. The first-order chi connectivity index (χ1) is 12.6. The quantitative estimate of drug-likeness (QED) is 0.370. The van der Waals surface area contributed by atoms with Crippen LogP contribution in [0.2, 0.25) is 0 Å². The molecule has 0 saturated heterocycles. The van der Waals surface area contributed by atoms with Crippen LogP contribution in [0.15, 0.2) is 41.0 Å². The summed E-state index contributed by atoms with van der Waals surface area (Å²) in [7, 11) is 0. The van der Waals surface area contributed by atoms with Crippen LogP contribution in [0.25, 0.3) is 5.65 Å². The van der Waals surface area contributed by atoms with Gasteiger partial charge in [0.05, 0.1) is 16.4 Å². The van der Waals surface area contributed by atoms with Crippen molar-refractivity contribution in [3.05, 3.63) is 52.3 Å². The molecule has 1 saturated carbocycles. The van der Waals surface area contributed by atoms with Crippen molar-refractivity contribution in [2.45, 2.75) is 23.8 Å². The Morgan fingerprint density at radius 2 is 2.08 bits per heavy atom. The van der Waals surface area contributed by atoms with Crippen LogP contribution in [0.4, 0.5) is 11.5 Å². The average Bonchev–Trinajstić information content (AvgIpc) is 3.45. The number of hydrogen-bond donors (Lipinski definition) is 2. The van der Waals surface area contributed by atoms with Gasteiger partial charge in [0, 0.05) is 28.6 Å². The molecule has 0 bridgehead atoms. The zero-order valence-electron chi connectivity index (χ0n) is 13.9. The number of carbonyl (C=O) groups excluding carboxylic acids is 1. The van der Waals surface area contributed by atoms with Gasteiger partial charge < -0.3 is 10.6 Å². The zero-order chi connectivity index (χ0) is 18.1. The molecule has 0 unspecified atom stereocenters. The minimum atomic E-state index is 0.130. The number of fused-ring (bicyclic) bond motifs is 1. The van der Waals surface area contributed by atoms with Gasteiger partial charge in [-0.1, -0.05) is 34.7 Å². The predicted octanol–water partition coefficient (Wildman–Crippen LogP) is 4.39. The van der Waals surface area contributed by atoms with E-state index in [4.69, 9.17) is 0 Å². The molecule has 3 aromatic rings. The van der Waals surface area contributed by atoms with Crippen molar-refractivity contribution in [2.24, 2.45) is 5.92 Å². The van der Waals surface area contributed by atoms with Gasteiger partial charge in [0.15, 0.2) is 5.65 Å². The lowest BCUT2D eigenvalue weighted by Gasteiger charge is -2.11. The Bertz CT molecular complexity index is 952. The Hall–Kier alpha value is -1.68. The Kier molecular flexibility index (Phi) is 5.12. The monoisotopic (exact) mass is 525 g/mol. The van der Waals surface area contributed by atoms with Crippen LogP contribution in [0.5, 0.6) is 0 Å². The Morgan fingerprint density at radius 3 is 2.77 bits per heavy atom. The number of benzene rings is 1. The molecule has 26 heavy (non-hydrogen) atoms. The van der Waals surface area contributed by atoms with Gasteiger partial charge in [-0.2, -0.15) is 9.61 Å². The zero-order valence-corrected chi connectivity index (χ0v) is 17.6.